The molecule has 146 valence electrons. The van der Waals surface area contributed by atoms with Crippen LogP contribution in [0.2, 0.25) is 0 Å². The summed E-state index contributed by atoms with van der Waals surface area (Å²) in [5, 5.41) is 21.8. The molecule has 1 spiro atoms. The highest BCUT2D eigenvalue weighted by Crippen LogP contribution is 2.62. The predicted molar refractivity (Wildman–Crippen MR) is 116 cm³/mol. The molecule has 0 bridgehead atoms. The summed E-state index contributed by atoms with van der Waals surface area (Å²) in [4.78, 5) is 4.71. The lowest BCUT2D eigenvalue weighted by Gasteiger charge is -2.63. The molecule has 3 N–H and O–H groups in total. The van der Waals surface area contributed by atoms with Gasteiger partial charge in [0.2, 0.25) is 0 Å². The molecular weight excluding hydrogens is 461 g/mol. The van der Waals surface area contributed by atoms with Gasteiger partial charge in [-0.25, -0.2) is 4.99 Å². The highest BCUT2D eigenvalue weighted by Gasteiger charge is 2.66. The van der Waals surface area contributed by atoms with E-state index in [1.807, 2.05) is 23.8 Å². The van der Waals surface area contributed by atoms with Crippen molar-refractivity contribution in [3.05, 3.63) is 22.4 Å². The quantitative estimate of drug-likeness (QED) is 0.337. The van der Waals surface area contributed by atoms with Gasteiger partial charge in [-0.3, -0.25) is 0 Å². The molecule has 1 saturated heterocycles. The monoisotopic (exact) mass is 491 g/mol. The second-order valence-electron chi connectivity index (χ2n) is 7.93. The summed E-state index contributed by atoms with van der Waals surface area (Å²) < 4.78 is 6.01. The summed E-state index contributed by atoms with van der Waals surface area (Å²) in [5.74, 6) is 1.43. The smallest absolute Gasteiger partial charge is 0.191 e. The number of thiophene rings is 1. The minimum atomic E-state index is -0.935. The van der Waals surface area contributed by atoms with Crippen molar-refractivity contribution in [2.45, 2.75) is 57.3 Å². The van der Waals surface area contributed by atoms with E-state index in [4.69, 9.17) is 9.73 Å². The van der Waals surface area contributed by atoms with Crippen molar-refractivity contribution >= 4 is 41.3 Å². The normalized spacial score (nSPS) is 31.2. The van der Waals surface area contributed by atoms with Gasteiger partial charge >= 0.3 is 0 Å². The Hall–Kier alpha value is -0.380. The van der Waals surface area contributed by atoms with Crippen molar-refractivity contribution in [3.63, 3.8) is 0 Å². The Morgan fingerprint density at radius 3 is 2.92 bits per heavy atom. The van der Waals surface area contributed by atoms with Crippen molar-refractivity contribution in [2.24, 2.45) is 16.3 Å². The second kappa shape index (κ2) is 7.93. The summed E-state index contributed by atoms with van der Waals surface area (Å²) in [5.41, 5.74) is 0.322. The lowest BCUT2D eigenvalue weighted by atomic mass is 9.46. The molecule has 2 aliphatic carbocycles. The fourth-order valence-electron chi connectivity index (χ4n) is 4.82. The Bertz CT molecular complexity index is 631. The van der Waals surface area contributed by atoms with Crippen molar-refractivity contribution in [1.82, 2.24) is 10.6 Å². The molecule has 1 aliphatic heterocycles. The van der Waals surface area contributed by atoms with Gasteiger partial charge in [-0.15, -0.1) is 24.0 Å². The molecule has 5 nitrogen and oxygen atoms in total. The van der Waals surface area contributed by atoms with Crippen molar-refractivity contribution in [3.8, 4) is 0 Å². The summed E-state index contributed by atoms with van der Waals surface area (Å²) >= 11 is 1.60. The molecule has 3 fully saturated rings. The van der Waals surface area contributed by atoms with Crippen LogP contribution in [0.4, 0.5) is 0 Å². The lowest BCUT2D eigenvalue weighted by molar-refractivity contribution is -0.171. The van der Waals surface area contributed by atoms with E-state index in [0.717, 1.165) is 31.1 Å². The van der Waals surface area contributed by atoms with Crippen LogP contribution in [0.15, 0.2) is 21.8 Å². The summed E-state index contributed by atoms with van der Waals surface area (Å²) in [6.45, 7) is 5.98. The van der Waals surface area contributed by atoms with Gasteiger partial charge < -0.3 is 20.5 Å². The number of fused-ring (bicyclic) bond motifs is 2. The first-order chi connectivity index (χ1) is 12.1. The minimum Gasteiger partial charge on any atom is -0.383 e. The molecular formula is C19H30IN3O2S. The third kappa shape index (κ3) is 3.40. The average Bonchev–Trinajstić information content (AvgIpc) is 3.19. The van der Waals surface area contributed by atoms with Crippen LogP contribution in [0.5, 0.6) is 0 Å². The Balaban J connectivity index is 0.00000196. The number of guanidine groups is 1. The van der Waals surface area contributed by atoms with Crippen LogP contribution in [0.3, 0.4) is 0 Å². The van der Waals surface area contributed by atoms with E-state index in [0.29, 0.717) is 30.0 Å². The van der Waals surface area contributed by atoms with Crippen molar-refractivity contribution in [2.75, 3.05) is 19.7 Å². The van der Waals surface area contributed by atoms with Gasteiger partial charge in [-0.2, -0.15) is 11.3 Å². The second-order valence-corrected chi connectivity index (χ2v) is 8.71. The Morgan fingerprint density at radius 2 is 2.31 bits per heavy atom. The van der Waals surface area contributed by atoms with Gasteiger partial charge in [0.1, 0.15) is 5.60 Å². The van der Waals surface area contributed by atoms with E-state index in [1.54, 1.807) is 11.3 Å². The zero-order chi connectivity index (χ0) is 17.5. The SMILES string of the molecule is CCNC(=NCC(C)(O)c1ccsc1)NC1C2CCOC2C12CCC2.I. The molecule has 3 aliphatic rings. The van der Waals surface area contributed by atoms with Crippen molar-refractivity contribution < 1.29 is 9.84 Å². The summed E-state index contributed by atoms with van der Waals surface area (Å²) in [7, 11) is 0. The zero-order valence-electron chi connectivity index (χ0n) is 15.5. The number of nitrogens with zero attached hydrogens (tertiary/aromatic N) is 1. The van der Waals surface area contributed by atoms with Gasteiger partial charge in [0, 0.05) is 30.5 Å². The molecule has 26 heavy (non-hydrogen) atoms. The van der Waals surface area contributed by atoms with Crippen LogP contribution in [0.25, 0.3) is 0 Å². The Labute approximate surface area is 177 Å². The topological polar surface area (TPSA) is 65.9 Å². The highest BCUT2D eigenvalue weighted by atomic mass is 127. The number of hydrogen-bond acceptors (Lipinski definition) is 4. The van der Waals surface area contributed by atoms with Gasteiger partial charge in [0.25, 0.3) is 0 Å². The standard InChI is InChI=1S/C19H29N3O2S.HI/c1-3-20-17(21-12-18(2,23)13-6-10-25-11-13)22-15-14-5-9-24-16(14)19(15)7-4-8-19;/h6,10-11,14-16,23H,3-5,7-9,12H2,1-2H3,(H2,20,21,22);1H. The first kappa shape index (κ1) is 20.4. The number of aliphatic imine (C=N–C) groups is 1. The number of aliphatic hydroxyl groups is 1. The lowest BCUT2D eigenvalue weighted by Crippen LogP contribution is -2.72. The van der Waals surface area contributed by atoms with Crippen LogP contribution >= 0.6 is 35.3 Å². The number of rotatable bonds is 5. The average molecular weight is 491 g/mol. The Morgan fingerprint density at radius 1 is 1.50 bits per heavy atom. The first-order valence-corrected chi connectivity index (χ1v) is 10.4. The van der Waals surface area contributed by atoms with Crippen LogP contribution in [-0.4, -0.2) is 42.9 Å². The fraction of sp³-hybridized carbons (Fsp3) is 0.737. The molecule has 4 atom stereocenters. The molecule has 4 unspecified atom stereocenters. The number of ether oxygens (including phenoxy) is 1. The molecule has 1 aromatic rings. The van der Waals surface area contributed by atoms with Crippen LogP contribution in [0.1, 0.15) is 45.1 Å². The van der Waals surface area contributed by atoms with E-state index in [9.17, 15) is 5.11 Å². The third-order valence-electron chi connectivity index (χ3n) is 6.36. The van der Waals surface area contributed by atoms with Crippen LogP contribution in [-0.2, 0) is 10.3 Å². The van der Waals surface area contributed by atoms with Gasteiger partial charge in [-0.05, 0) is 55.5 Å². The molecule has 2 heterocycles. The molecule has 2 saturated carbocycles. The molecule has 4 rings (SSSR count). The molecule has 1 aromatic heterocycles. The predicted octanol–water partition coefficient (Wildman–Crippen LogP) is 3.09. The molecule has 0 radical (unpaired) electrons. The summed E-state index contributed by atoms with van der Waals surface area (Å²) in [6, 6.07) is 2.42. The molecule has 0 amide bonds. The van der Waals surface area contributed by atoms with Gasteiger partial charge in [0.05, 0.1) is 12.6 Å². The zero-order valence-corrected chi connectivity index (χ0v) is 18.7. The van der Waals surface area contributed by atoms with E-state index < -0.39 is 5.60 Å². The maximum atomic E-state index is 10.7. The van der Waals surface area contributed by atoms with E-state index in [2.05, 4.69) is 17.6 Å². The molecule has 7 heteroatoms. The van der Waals surface area contributed by atoms with Gasteiger partial charge in [-0.1, -0.05) is 6.42 Å². The van der Waals surface area contributed by atoms with Crippen LogP contribution < -0.4 is 10.6 Å². The maximum Gasteiger partial charge on any atom is 0.191 e. The summed E-state index contributed by atoms with van der Waals surface area (Å²) in [6.07, 6.45) is 5.44. The Kier molecular flexibility index (Phi) is 6.21. The highest BCUT2D eigenvalue weighted by molar-refractivity contribution is 14.0. The maximum absolute atomic E-state index is 10.7. The largest absolute Gasteiger partial charge is 0.383 e. The van der Waals surface area contributed by atoms with Crippen molar-refractivity contribution in [1.29, 1.82) is 0 Å². The number of halogens is 1. The number of nitrogens with one attached hydrogen (secondary N) is 2. The van der Waals surface area contributed by atoms with E-state index >= 15 is 0 Å². The van der Waals surface area contributed by atoms with E-state index in [1.165, 1.54) is 19.3 Å². The van der Waals surface area contributed by atoms with Crippen LogP contribution in [0, 0.1) is 11.3 Å². The number of hydrogen-bond donors (Lipinski definition) is 3. The first-order valence-electron chi connectivity index (χ1n) is 9.48. The third-order valence-corrected chi connectivity index (χ3v) is 7.04. The van der Waals surface area contributed by atoms with E-state index in [-0.39, 0.29) is 24.0 Å². The van der Waals surface area contributed by atoms with Gasteiger partial charge in [0.15, 0.2) is 5.96 Å². The fourth-order valence-corrected chi connectivity index (χ4v) is 5.60. The molecule has 0 aromatic carbocycles. The minimum absolute atomic E-state index is 0.